The third kappa shape index (κ3) is 4.55. The number of rotatable bonds is 4. The van der Waals surface area contributed by atoms with E-state index in [1.54, 1.807) is 12.4 Å². The van der Waals surface area contributed by atoms with Gasteiger partial charge in [0.05, 0.1) is 6.20 Å². The second-order valence-corrected chi connectivity index (χ2v) is 8.78. The molecule has 4 heterocycles. The monoisotopic (exact) mass is 446 g/mol. The first kappa shape index (κ1) is 21.4. The van der Waals surface area contributed by atoms with Crippen molar-refractivity contribution in [2.45, 2.75) is 45.1 Å². The molecule has 170 valence electrons. The second kappa shape index (κ2) is 9.21. The maximum atomic E-state index is 13.3. The number of aryl methyl sites for hydroxylation is 1. The summed E-state index contributed by atoms with van der Waals surface area (Å²) in [5, 5.41) is 0. The third-order valence-corrected chi connectivity index (χ3v) is 6.58. The molecule has 5 rings (SSSR count). The lowest BCUT2D eigenvalue weighted by Gasteiger charge is -2.34. The summed E-state index contributed by atoms with van der Waals surface area (Å²) in [4.78, 5) is 34.9. The van der Waals surface area contributed by atoms with E-state index in [-0.39, 0.29) is 17.6 Å². The number of amides is 1. The van der Waals surface area contributed by atoms with Crippen LogP contribution in [0.25, 0.3) is 0 Å². The van der Waals surface area contributed by atoms with Crippen LogP contribution in [0.5, 0.6) is 0 Å². The van der Waals surface area contributed by atoms with Crippen LogP contribution in [0.2, 0.25) is 0 Å². The van der Waals surface area contributed by atoms with E-state index in [9.17, 15) is 9.18 Å². The Kier molecular flexibility index (Phi) is 5.98. The lowest BCUT2D eigenvalue weighted by atomic mass is 9.94. The number of likely N-dealkylation sites (tertiary alicyclic amines) is 1. The fraction of sp³-hybridized carbons (Fsp3) is 0.400. The Morgan fingerprint density at radius 2 is 1.88 bits per heavy atom. The summed E-state index contributed by atoms with van der Waals surface area (Å²) in [5.41, 5.74) is 3.70. The van der Waals surface area contributed by atoms with E-state index in [1.165, 1.54) is 23.9 Å². The number of benzene rings is 1. The van der Waals surface area contributed by atoms with Gasteiger partial charge in [0.1, 0.15) is 23.2 Å². The van der Waals surface area contributed by atoms with Gasteiger partial charge >= 0.3 is 0 Å². The number of hydrogen-bond donors (Lipinski definition) is 0. The number of carbonyl (C=O) groups excluding carboxylic acids is 1. The molecule has 0 spiro atoms. The zero-order chi connectivity index (χ0) is 22.8. The number of piperidine rings is 1. The summed E-state index contributed by atoms with van der Waals surface area (Å²) in [6, 6.07) is 6.69. The van der Waals surface area contributed by atoms with Gasteiger partial charge in [0.25, 0.3) is 5.91 Å². The number of hydrogen-bond acceptors (Lipinski definition) is 6. The number of nitrogens with zero attached hydrogens (tertiary/aromatic N) is 6. The van der Waals surface area contributed by atoms with Gasteiger partial charge in [0, 0.05) is 55.7 Å². The van der Waals surface area contributed by atoms with E-state index in [2.05, 4.69) is 21.8 Å². The molecule has 2 aliphatic rings. The minimum absolute atomic E-state index is 0.0745. The molecule has 33 heavy (non-hydrogen) atoms. The van der Waals surface area contributed by atoms with E-state index in [4.69, 9.17) is 9.97 Å². The predicted octanol–water partition coefficient (Wildman–Crippen LogP) is 3.69. The van der Waals surface area contributed by atoms with Crippen molar-refractivity contribution in [3.05, 3.63) is 77.0 Å². The Bertz CT molecular complexity index is 1130. The second-order valence-electron chi connectivity index (χ2n) is 8.78. The van der Waals surface area contributed by atoms with Gasteiger partial charge in [-0.15, -0.1) is 0 Å². The van der Waals surface area contributed by atoms with Crippen molar-refractivity contribution in [1.29, 1.82) is 0 Å². The van der Waals surface area contributed by atoms with Crippen LogP contribution < -0.4 is 4.90 Å². The molecule has 1 saturated heterocycles. The molecule has 0 aliphatic carbocycles. The average molecular weight is 447 g/mol. The van der Waals surface area contributed by atoms with Crippen molar-refractivity contribution >= 4 is 11.7 Å². The molecule has 2 aromatic heterocycles. The van der Waals surface area contributed by atoms with Crippen molar-refractivity contribution in [3.63, 3.8) is 0 Å². The molecular weight excluding hydrogens is 419 g/mol. The molecule has 0 atom stereocenters. The van der Waals surface area contributed by atoms with Crippen molar-refractivity contribution in [2.75, 3.05) is 24.5 Å². The van der Waals surface area contributed by atoms with Crippen LogP contribution in [0.1, 0.15) is 58.3 Å². The number of carbonyl (C=O) groups is 1. The fourth-order valence-electron chi connectivity index (χ4n) is 4.77. The van der Waals surface area contributed by atoms with Gasteiger partial charge in [0.2, 0.25) is 0 Å². The molecule has 2 aliphatic heterocycles. The molecule has 1 fully saturated rings. The van der Waals surface area contributed by atoms with E-state index in [0.29, 0.717) is 25.3 Å². The Labute approximate surface area is 192 Å². The molecular formula is C25H27FN6O. The van der Waals surface area contributed by atoms with E-state index < -0.39 is 0 Å². The van der Waals surface area contributed by atoms with Gasteiger partial charge in [-0.05, 0) is 50.3 Å². The van der Waals surface area contributed by atoms with Gasteiger partial charge in [-0.3, -0.25) is 9.78 Å². The van der Waals surface area contributed by atoms with Gasteiger partial charge < -0.3 is 9.80 Å². The van der Waals surface area contributed by atoms with Crippen LogP contribution in [-0.2, 0) is 13.0 Å². The molecule has 7 nitrogen and oxygen atoms in total. The average Bonchev–Trinajstić information content (AvgIpc) is 2.86. The van der Waals surface area contributed by atoms with Crippen LogP contribution in [-0.4, -0.2) is 50.4 Å². The zero-order valence-electron chi connectivity index (χ0n) is 18.7. The van der Waals surface area contributed by atoms with E-state index in [1.807, 2.05) is 17.0 Å². The maximum absolute atomic E-state index is 13.3. The first-order valence-electron chi connectivity index (χ1n) is 11.5. The molecule has 3 aromatic rings. The Balaban J connectivity index is 1.32. The summed E-state index contributed by atoms with van der Waals surface area (Å²) in [5.74, 6) is 1.79. The lowest BCUT2D eigenvalue weighted by molar-refractivity contribution is 0.0704. The summed E-state index contributed by atoms with van der Waals surface area (Å²) < 4.78 is 13.3. The normalized spacial score (nSPS) is 16.5. The molecule has 0 radical (unpaired) electrons. The Hall–Kier alpha value is -3.42. The van der Waals surface area contributed by atoms with Gasteiger partial charge in [-0.2, -0.15) is 0 Å². The molecule has 1 aromatic carbocycles. The highest BCUT2D eigenvalue weighted by Crippen LogP contribution is 2.33. The summed E-state index contributed by atoms with van der Waals surface area (Å²) in [6.07, 6.45) is 8.30. The van der Waals surface area contributed by atoms with E-state index >= 15 is 0 Å². The Morgan fingerprint density at radius 1 is 1.09 bits per heavy atom. The Morgan fingerprint density at radius 3 is 2.61 bits per heavy atom. The van der Waals surface area contributed by atoms with Crippen molar-refractivity contribution in [3.8, 4) is 0 Å². The first-order valence-corrected chi connectivity index (χ1v) is 11.5. The predicted molar refractivity (Wildman–Crippen MR) is 122 cm³/mol. The molecule has 0 saturated carbocycles. The minimum Gasteiger partial charge on any atom is -0.352 e. The maximum Gasteiger partial charge on any atom is 0.274 e. The van der Waals surface area contributed by atoms with Crippen molar-refractivity contribution in [2.24, 2.45) is 0 Å². The van der Waals surface area contributed by atoms with Crippen LogP contribution >= 0.6 is 0 Å². The minimum atomic E-state index is -0.220. The van der Waals surface area contributed by atoms with Crippen LogP contribution in [0.3, 0.4) is 0 Å². The fourth-order valence-corrected chi connectivity index (χ4v) is 4.77. The van der Waals surface area contributed by atoms with Crippen LogP contribution in [0.4, 0.5) is 10.2 Å². The highest BCUT2D eigenvalue weighted by molar-refractivity contribution is 5.92. The standard InChI is InChI=1S/C25H27FN6O/c1-17-21-3-2-12-32(16-18-4-6-20(26)7-5-18)24(21)30-23(29-17)19-8-13-31(14-9-19)25(33)22-15-27-10-11-28-22/h4-7,10-11,15,19H,2-3,8-9,12-14,16H2,1H3. The highest BCUT2D eigenvalue weighted by atomic mass is 19.1. The van der Waals surface area contributed by atoms with Crippen LogP contribution in [0, 0.1) is 12.7 Å². The molecule has 0 unspecified atom stereocenters. The van der Waals surface area contributed by atoms with E-state index in [0.717, 1.165) is 55.1 Å². The first-order chi connectivity index (χ1) is 16.1. The molecule has 1 amide bonds. The summed E-state index contributed by atoms with van der Waals surface area (Å²) in [7, 11) is 0. The van der Waals surface area contributed by atoms with Gasteiger partial charge in [-0.25, -0.2) is 19.3 Å². The van der Waals surface area contributed by atoms with Crippen molar-refractivity contribution < 1.29 is 9.18 Å². The molecule has 8 heteroatoms. The SMILES string of the molecule is Cc1nc(C2CCN(C(=O)c3cnccn3)CC2)nc2c1CCCN2Cc1ccc(F)cc1. The summed E-state index contributed by atoms with van der Waals surface area (Å²) >= 11 is 0. The number of fused-ring (bicyclic) bond motifs is 1. The number of anilines is 1. The lowest BCUT2D eigenvalue weighted by Crippen LogP contribution is -2.39. The smallest absolute Gasteiger partial charge is 0.274 e. The topological polar surface area (TPSA) is 75.1 Å². The molecule has 0 bridgehead atoms. The summed E-state index contributed by atoms with van der Waals surface area (Å²) in [6.45, 7) is 5.00. The van der Waals surface area contributed by atoms with Crippen LogP contribution in [0.15, 0.2) is 42.9 Å². The zero-order valence-corrected chi connectivity index (χ0v) is 18.7. The largest absolute Gasteiger partial charge is 0.352 e. The van der Waals surface area contributed by atoms with Gasteiger partial charge in [-0.1, -0.05) is 12.1 Å². The third-order valence-electron chi connectivity index (χ3n) is 6.58. The number of halogens is 1. The molecule has 0 N–H and O–H groups in total. The van der Waals surface area contributed by atoms with Crippen molar-refractivity contribution in [1.82, 2.24) is 24.8 Å². The highest BCUT2D eigenvalue weighted by Gasteiger charge is 2.29. The van der Waals surface area contributed by atoms with Gasteiger partial charge in [0.15, 0.2) is 0 Å². The quantitative estimate of drug-likeness (QED) is 0.609. The number of aromatic nitrogens is 4.